The largest absolute Gasteiger partial charge is 0.392 e. The summed E-state index contributed by atoms with van der Waals surface area (Å²) in [6.45, 7) is 5.10. The van der Waals surface area contributed by atoms with Crippen LogP contribution in [0.5, 0.6) is 0 Å². The van der Waals surface area contributed by atoms with Gasteiger partial charge in [-0.1, -0.05) is 28.9 Å². The summed E-state index contributed by atoms with van der Waals surface area (Å²) < 4.78 is 5.23. The standard InChI is InChI=1S/C17H20ClN3O3/c1-12(22)11-20-5-7-21(8-6-20)17(23)16-10-15(19-24-16)13-3-2-4-14(18)9-13/h2-4,9-10,12,22H,5-8,11H2,1H3. The summed E-state index contributed by atoms with van der Waals surface area (Å²) in [4.78, 5) is 16.4. The second kappa shape index (κ2) is 7.34. The van der Waals surface area contributed by atoms with Gasteiger partial charge in [-0.2, -0.15) is 0 Å². The maximum Gasteiger partial charge on any atom is 0.292 e. The molecule has 2 heterocycles. The Hall–Kier alpha value is -1.89. The van der Waals surface area contributed by atoms with Crippen molar-refractivity contribution in [1.29, 1.82) is 0 Å². The molecule has 1 N–H and O–H groups in total. The van der Waals surface area contributed by atoms with E-state index in [0.29, 0.717) is 30.4 Å². The molecule has 2 aromatic rings. The molecular weight excluding hydrogens is 330 g/mol. The fourth-order valence-electron chi connectivity index (χ4n) is 2.82. The number of β-amino-alcohol motifs (C(OH)–C–C–N with tert-alkyl or cyclic N) is 1. The molecule has 1 aromatic heterocycles. The highest BCUT2D eigenvalue weighted by molar-refractivity contribution is 6.30. The number of carbonyl (C=O) groups is 1. The lowest BCUT2D eigenvalue weighted by atomic mass is 10.1. The fourth-order valence-corrected chi connectivity index (χ4v) is 3.01. The molecule has 0 saturated carbocycles. The van der Waals surface area contributed by atoms with Crippen LogP contribution in [0.4, 0.5) is 0 Å². The number of aromatic nitrogens is 1. The minimum atomic E-state index is -0.359. The topological polar surface area (TPSA) is 69.8 Å². The first-order valence-electron chi connectivity index (χ1n) is 7.95. The minimum Gasteiger partial charge on any atom is -0.392 e. The highest BCUT2D eigenvalue weighted by Gasteiger charge is 2.25. The lowest BCUT2D eigenvalue weighted by Gasteiger charge is -2.34. The van der Waals surface area contributed by atoms with Crippen molar-refractivity contribution in [3.63, 3.8) is 0 Å². The van der Waals surface area contributed by atoms with Crippen LogP contribution in [-0.2, 0) is 0 Å². The molecule has 1 unspecified atom stereocenters. The number of benzene rings is 1. The summed E-state index contributed by atoms with van der Waals surface area (Å²) in [5.74, 6) is 0.0708. The Morgan fingerprint density at radius 1 is 1.33 bits per heavy atom. The lowest BCUT2D eigenvalue weighted by molar-refractivity contribution is 0.0520. The van der Waals surface area contributed by atoms with Crippen molar-refractivity contribution in [2.45, 2.75) is 13.0 Å². The van der Waals surface area contributed by atoms with Gasteiger partial charge in [0.25, 0.3) is 5.91 Å². The number of nitrogens with zero attached hydrogens (tertiary/aromatic N) is 3. The molecule has 1 amide bonds. The normalized spacial score (nSPS) is 17.0. The Morgan fingerprint density at radius 2 is 2.08 bits per heavy atom. The Morgan fingerprint density at radius 3 is 2.75 bits per heavy atom. The summed E-state index contributed by atoms with van der Waals surface area (Å²) in [7, 11) is 0. The van der Waals surface area contributed by atoms with Crippen LogP contribution >= 0.6 is 11.6 Å². The van der Waals surface area contributed by atoms with Crippen LogP contribution in [0.1, 0.15) is 17.5 Å². The Bertz CT molecular complexity index is 709. The molecule has 1 saturated heterocycles. The van der Waals surface area contributed by atoms with Gasteiger partial charge in [-0.25, -0.2) is 0 Å². The molecule has 0 bridgehead atoms. The lowest BCUT2D eigenvalue weighted by Crippen LogP contribution is -2.50. The zero-order chi connectivity index (χ0) is 17.1. The molecule has 6 nitrogen and oxygen atoms in total. The van der Waals surface area contributed by atoms with Crippen molar-refractivity contribution in [2.24, 2.45) is 0 Å². The summed E-state index contributed by atoms with van der Waals surface area (Å²) in [6.07, 6.45) is -0.359. The molecule has 7 heteroatoms. The van der Waals surface area contributed by atoms with Gasteiger partial charge in [-0.15, -0.1) is 0 Å². The average Bonchev–Trinajstić information content (AvgIpc) is 3.04. The van der Waals surface area contributed by atoms with Gasteiger partial charge in [0.05, 0.1) is 6.10 Å². The number of piperazine rings is 1. The van der Waals surface area contributed by atoms with Crippen molar-refractivity contribution in [3.8, 4) is 11.3 Å². The molecule has 1 fully saturated rings. The van der Waals surface area contributed by atoms with E-state index in [1.165, 1.54) is 0 Å². The Kier molecular flexibility index (Phi) is 5.18. The Labute approximate surface area is 145 Å². The molecule has 24 heavy (non-hydrogen) atoms. The van der Waals surface area contributed by atoms with Gasteiger partial charge in [0.2, 0.25) is 5.76 Å². The van der Waals surface area contributed by atoms with Crippen molar-refractivity contribution in [1.82, 2.24) is 15.0 Å². The van der Waals surface area contributed by atoms with E-state index in [2.05, 4.69) is 10.1 Å². The molecule has 1 aliphatic heterocycles. The Balaban J connectivity index is 1.64. The van der Waals surface area contributed by atoms with E-state index >= 15 is 0 Å². The quantitative estimate of drug-likeness (QED) is 0.915. The minimum absolute atomic E-state index is 0.160. The number of amides is 1. The summed E-state index contributed by atoms with van der Waals surface area (Å²) in [5.41, 5.74) is 1.40. The number of halogens is 1. The SMILES string of the molecule is CC(O)CN1CCN(C(=O)c2cc(-c3cccc(Cl)c3)no2)CC1. The number of aliphatic hydroxyl groups is 1. The van der Waals surface area contributed by atoms with Crippen LogP contribution in [0, 0.1) is 0 Å². The van der Waals surface area contributed by atoms with E-state index in [-0.39, 0.29) is 17.8 Å². The molecule has 3 rings (SSSR count). The molecule has 1 atom stereocenters. The summed E-state index contributed by atoms with van der Waals surface area (Å²) in [5, 5.41) is 14.0. The van der Waals surface area contributed by atoms with E-state index < -0.39 is 0 Å². The highest BCUT2D eigenvalue weighted by Crippen LogP contribution is 2.23. The predicted octanol–water partition coefficient (Wildman–Crippen LogP) is 2.13. The fraction of sp³-hybridized carbons (Fsp3) is 0.412. The van der Waals surface area contributed by atoms with Crippen molar-refractivity contribution in [2.75, 3.05) is 32.7 Å². The number of hydrogen-bond acceptors (Lipinski definition) is 5. The van der Waals surface area contributed by atoms with Gasteiger partial charge in [-0.05, 0) is 19.1 Å². The van der Waals surface area contributed by atoms with E-state index in [1.54, 1.807) is 30.0 Å². The average molecular weight is 350 g/mol. The molecule has 0 aliphatic carbocycles. The third-order valence-corrected chi connectivity index (χ3v) is 4.26. The van der Waals surface area contributed by atoms with Gasteiger partial charge in [-0.3, -0.25) is 9.69 Å². The van der Waals surface area contributed by atoms with E-state index in [1.807, 2.05) is 12.1 Å². The molecule has 128 valence electrons. The predicted molar refractivity (Wildman–Crippen MR) is 91.0 cm³/mol. The third kappa shape index (κ3) is 3.95. The van der Waals surface area contributed by atoms with Gasteiger partial charge >= 0.3 is 0 Å². The first-order chi connectivity index (χ1) is 11.5. The molecule has 0 radical (unpaired) electrons. The molecular formula is C17H20ClN3O3. The van der Waals surface area contributed by atoms with Crippen molar-refractivity contribution < 1.29 is 14.4 Å². The number of rotatable bonds is 4. The maximum atomic E-state index is 12.5. The second-order valence-corrected chi connectivity index (χ2v) is 6.47. The van der Waals surface area contributed by atoms with Crippen LogP contribution in [0.2, 0.25) is 5.02 Å². The highest BCUT2D eigenvalue weighted by atomic mass is 35.5. The van der Waals surface area contributed by atoms with Crippen molar-refractivity contribution in [3.05, 3.63) is 41.1 Å². The molecule has 1 aliphatic rings. The monoisotopic (exact) mass is 349 g/mol. The number of aliphatic hydroxyl groups excluding tert-OH is 1. The zero-order valence-electron chi connectivity index (χ0n) is 13.5. The summed E-state index contributed by atoms with van der Waals surface area (Å²) >= 11 is 5.98. The van der Waals surface area contributed by atoms with Crippen LogP contribution in [0.15, 0.2) is 34.9 Å². The smallest absolute Gasteiger partial charge is 0.292 e. The first kappa shape index (κ1) is 17.0. The van der Waals surface area contributed by atoms with Crippen molar-refractivity contribution >= 4 is 17.5 Å². The summed E-state index contributed by atoms with van der Waals surface area (Å²) in [6, 6.07) is 8.91. The van der Waals surface area contributed by atoms with Crippen LogP contribution < -0.4 is 0 Å². The van der Waals surface area contributed by atoms with E-state index in [0.717, 1.165) is 18.7 Å². The van der Waals surface area contributed by atoms with Gasteiger partial charge in [0.15, 0.2) is 0 Å². The number of hydrogen-bond donors (Lipinski definition) is 1. The van der Waals surface area contributed by atoms with Gasteiger partial charge < -0.3 is 14.5 Å². The molecule has 1 aromatic carbocycles. The van der Waals surface area contributed by atoms with Crippen LogP contribution in [0.3, 0.4) is 0 Å². The van der Waals surface area contributed by atoms with Crippen LogP contribution in [-0.4, -0.2) is 64.8 Å². The third-order valence-electron chi connectivity index (χ3n) is 4.02. The number of carbonyl (C=O) groups excluding carboxylic acids is 1. The zero-order valence-corrected chi connectivity index (χ0v) is 14.2. The maximum absolute atomic E-state index is 12.5. The first-order valence-corrected chi connectivity index (χ1v) is 8.33. The second-order valence-electron chi connectivity index (χ2n) is 6.03. The van der Waals surface area contributed by atoms with Crippen LogP contribution in [0.25, 0.3) is 11.3 Å². The van der Waals surface area contributed by atoms with Gasteiger partial charge in [0, 0.05) is 49.4 Å². The van der Waals surface area contributed by atoms with E-state index in [4.69, 9.17) is 16.1 Å². The van der Waals surface area contributed by atoms with E-state index in [9.17, 15) is 9.90 Å². The van der Waals surface area contributed by atoms with Gasteiger partial charge in [0.1, 0.15) is 5.69 Å². The molecule has 0 spiro atoms.